The largest absolute Gasteiger partial charge is 0.480 e. The maximum Gasteiger partial charge on any atom is 0.320 e. The summed E-state index contributed by atoms with van der Waals surface area (Å²) in [5.41, 5.74) is 0. The minimum Gasteiger partial charge on any atom is -0.480 e. The van der Waals surface area contributed by atoms with Gasteiger partial charge in [-0.2, -0.15) is 0 Å². The fraction of sp³-hybridized carbons (Fsp3) is 0.900. The van der Waals surface area contributed by atoms with Crippen molar-refractivity contribution in [3.8, 4) is 0 Å². The van der Waals surface area contributed by atoms with Crippen molar-refractivity contribution in [3.63, 3.8) is 0 Å². The molecule has 3 heteroatoms. The minimum atomic E-state index is -0.731. The molecule has 0 aromatic carbocycles. The van der Waals surface area contributed by atoms with Gasteiger partial charge in [-0.3, -0.25) is 4.79 Å². The highest BCUT2D eigenvalue weighted by Crippen LogP contribution is 2.36. The molecule has 0 spiro atoms. The monoisotopic (exact) mass is 185 g/mol. The highest BCUT2D eigenvalue weighted by Gasteiger charge is 2.28. The van der Waals surface area contributed by atoms with Gasteiger partial charge in [-0.25, -0.2) is 0 Å². The number of hydrogen-bond acceptors (Lipinski definition) is 2. The molecule has 0 aromatic heterocycles. The number of aliphatic carboxylic acids is 1. The second-order valence-corrected chi connectivity index (χ2v) is 4.02. The van der Waals surface area contributed by atoms with Crippen molar-refractivity contribution < 1.29 is 9.90 Å². The first-order chi connectivity index (χ1) is 6.15. The van der Waals surface area contributed by atoms with Gasteiger partial charge in [0.1, 0.15) is 6.04 Å². The summed E-state index contributed by atoms with van der Waals surface area (Å²) in [4.78, 5) is 10.7. The van der Waals surface area contributed by atoms with Crippen molar-refractivity contribution >= 4 is 5.97 Å². The van der Waals surface area contributed by atoms with Crippen LogP contribution >= 0.6 is 0 Å². The molecule has 0 bridgehead atoms. The fourth-order valence-corrected chi connectivity index (χ4v) is 1.57. The van der Waals surface area contributed by atoms with E-state index in [9.17, 15) is 4.79 Å². The predicted octanol–water partition coefficient (Wildman–Crippen LogP) is 1.49. The van der Waals surface area contributed by atoms with Crippen LogP contribution in [0.2, 0.25) is 0 Å². The molecule has 2 unspecified atom stereocenters. The number of nitrogens with one attached hydrogen (secondary N) is 1. The third-order valence-electron chi connectivity index (χ3n) is 2.82. The Morgan fingerprint density at radius 2 is 2.23 bits per heavy atom. The maximum absolute atomic E-state index is 10.7. The molecular formula is C10H19NO2. The number of carboxylic acids is 1. The molecule has 0 heterocycles. The van der Waals surface area contributed by atoms with E-state index in [1.807, 2.05) is 6.92 Å². The molecule has 2 atom stereocenters. The Hall–Kier alpha value is -0.570. The Balaban J connectivity index is 2.18. The van der Waals surface area contributed by atoms with E-state index >= 15 is 0 Å². The van der Waals surface area contributed by atoms with Crippen LogP contribution in [0.5, 0.6) is 0 Å². The van der Waals surface area contributed by atoms with Crippen molar-refractivity contribution in [2.75, 3.05) is 6.54 Å². The van der Waals surface area contributed by atoms with Gasteiger partial charge in [-0.15, -0.1) is 0 Å². The van der Waals surface area contributed by atoms with E-state index in [0.29, 0.717) is 12.3 Å². The molecule has 1 aliphatic carbocycles. The van der Waals surface area contributed by atoms with E-state index in [1.54, 1.807) is 0 Å². The molecule has 2 N–H and O–H groups in total. The first-order valence-corrected chi connectivity index (χ1v) is 5.11. The van der Waals surface area contributed by atoms with Crippen molar-refractivity contribution in [1.82, 2.24) is 5.32 Å². The van der Waals surface area contributed by atoms with Gasteiger partial charge in [0.25, 0.3) is 0 Å². The van der Waals surface area contributed by atoms with Crippen molar-refractivity contribution in [2.45, 2.75) is 39.2 Å². The summed E-state index contributed by atoms with van der Waals surface area (Å²) < 4.78 is 0. The quantitative estimate of drug-likeness (QED) is 0.659. The lowest BCUT2D eigenvalue weighted by Gasteiger charge is -2.16. The highest BCUT2D eigenvalue weighted by atomic mass is 16.4. The summed E-state index contributed by atoms with van der Waals surface area (Å²) in [6.07, 6.45) is 3.31. The van der Waals surface area contributed by atoms with Crippen molar-refractivity contribution in [1.29, 1.82) is 0 Å². The zero-order valence-electron chi connectivity index (χ0n) is 8.42. The molecule has 0 aromatic rings. The molecule has 1 fully saturated rings. The van der Waals surface area contributed by atoms with Gasteiger partial charge in [0.2, 0.25) is 0 Å². The lowest BCUT2D eigenvalue weighted by molar-refractivity contribution is -0.139. The molecular weight excluding hydrogens is 166 g/mol. The summed E-state index contributed by atoms with van der Waals surface area (Å²) in [7, 11) is 0. The van der Waals surface area contributed by atoms with Crippen LogP contribution in [-0.2, 0) is 4.79 Å². The molecule has 1 saturated carbocycles. The number of rotatable bonds is 6. The number of carbonyl (C=O) groups is 1. The Labute approximate surface area is 79.5 Å². The predicted molar refractivity (Wildman–Crippen MR) is 51.6 cm³/mol. The van der Waals surface area contributed by atoms with Crippen LogP contribution in [0.25, 0.3) is 0 Å². The number of carboxylic acid groups (broad SMARTS) is 1. The van der Waals surface area contributed by atoms with Crippen LogP contribution in [0.4, 0.5) is 0 Å². The maximum atomic E-state index is 10.7. The molecule has 3 nitrogen and oxygen atoms in total. The molecule has 0 radical (unpaired) electrons. The zero-order chi connectivity index (χ0) is 9.84. The van der Waals surface area contributed by atoms with Gasteiger partial charge in [0, 0.05) is 0 Å². The minimum absolute atomic E-state index is 0.360. The molecule has 1 rings (SSSR count). The van der Waals surface area contributed by atoms with Gasteiger partial charge >= 0.3 is 5.97 Å². The van der Waals surface area contributed by atoms with E-state index in [-0.39, 0.29) is 6.04 Å². The van der Waals surface area contributed by atoms with Crippen LogP contribution in [0.3, 0.4) is 0 Å². The average molecular weight is 185 g/mol. The Morgan fingerprint density at radius 1 is 1.62 bits per heavy atom. The molecule has 0 saturated heterocycles. The van der Waals surface area contributed by atoms with Crippen LogP contribution in [0.1, 0.15) is 33.1 Å². The van der Waals surface area contributed by atoms with E-state index in [0.717, 1.165) is 12.5 Å². The Morgan fingerprint density at radius 3 is 2.62 bits per heavy atom. The van der Waals surface area contributed by atoms with E-state index < -0.39 is 5.97 Å². The standard InChI is InChI=1S/C10H19NO2/c1-3-9(10(12)13)11-6-7(2)8-4-5-8/h7-9,11H,3-6H2,1-2H3,(H,12,13). The summed E-state index contributed by atoms with van der Waals surface area (Å²) in [5, 5.41) is 11.9. The van der Waals surface area contributed by atoms with Crippen molar-refractivity contribution in [2.24, 2.45) is 11.8 Å². The molecule has 13 heavy (non-hydrogen) atoms. The van der Waals surface area contributed by atoms with Gasteiger partial charge < -0.3 is 10.4 Å². The SMILES string of the molecule is CCC(NCC(C)C1CC1)C(=O)O. The third kappa shape index (κ3) is 3.35. The molecule has 1 aliphatic rings. The van der Waals surface area contributed by atoms with Gasteiger partial charge in [-0.1, -0.05) is 13.8 Å². The first-order valence-electron chi connectivity index (χ1n) is 5.11. The summed E-state index contributed by atoms with van der Waals surface area (Å²) >= 11 is 0. The van der Waals surface area contributed by atoms with E-state index in [1.165, 1.54) is 12.8 Å². The normalized spacial score (nSPS) is 21.1. The Bertz CT molecular complexity index is 178. The van der Waals surface area contributed by atoms with Gasteiger partial charge in [0.05, 0.1) is 0 Å². The van der Waals surface area contributed by atoms with Gasteiger partial charge in [0.15, 0.2) is 0 Å². The summed E-state index contributed by atoms with van der Waals surface area (Å²) in [6.45, 7) is 4.93. The Kier molecular flexibility index (Phi) is 3.72. The molecule has 0 amide bonds. The average Bonchev–Trinajstić information content (AvgIpc) is 2.86. The van der Waals surface area contributed by atoms with Crippen molar-refractivity contribution in [3.05, 3.63) is 0 Å². The summed E-state index contributed by atoms with van der Waals surface area (Å²) in [5.74, 6) is 0.748. The molecule has 0 aliphatic heterocycles. The van der Waals surface area contributed by atoms with Crippen LogP contribution in [-0.4, -0.2) is 23.7 Å². The van der Waals surface area contributed by atoms with Gasteiger partial charge in [-0.05, 0) is 37.6 Å². The van der Waals surface area contributed by atoms with E-state index in [2.05, 4.69) is 12.2 Å². The topological polar surface area (TPSA) is 49.3 Å². The van der Waals surface area contributed by atoms with Crippen LogP contribution in [0.15, 0.2) is 0 Å². The number of hydrogen-bond donors (Lipinski definition) is 2. The van der Waals surface area contributed by atoms with E-state index in [4.69, 9.17) is 5.11 Å². The van der Waals surface area contributed by atoms with Crippen LogP contribution in [0, 0.1) is 11.8 Å². The second-order valence-electron chi connectivity index (χ2n) is 4.02. The second kappa shape index (κ2) is 4.61. The lowest BCUT2D eigenvalue weighted by Crippen LogP contribution is -2.38. The zero-order valence-corrected chi connectivity index (χ0v) is 8.42. The van der Waals surface area contributed by atoms with Crippen LogP contribution < -0.4 is 5.32 Å². The fourth-order valence-electron chi connectivity index (χ4n) is 1.57. The highest BCUT2D eigenvalue weighted by molar-refractivity contribution is 5.73. The third-order valence-corrected chi connectivity index (χ3v) is 2.82. The smallest absolute Gasteiger partial charge is 0.320 e. The molecule has 76 valence electrons. The first kappa shape index (κ1) is 10.5. The summed E-state index contributed by atoms with van der Waals surface area (Å²) in [6, 6.07) is -0.360. The lowest BCUT2D eigenvalue weighted by atomic mass is 10.1.